The minimum absolute atomic E-state index is 0.0681. The number of alkyl halides is 3. The van der Waals surface area contributed by atoms with Gasteiger partial charge in [0, 0.05) is 23.8 Å². The van der Waals surface area contributed by atoms with E-state index < -0.39 is 36.0 Å². The number of rotatable bonds is 4. The maximum atomic E-state index is 14.7. The number of benzene rings is 1. The Morgan fingerprint density at radius 3 is 2.70 bits per heavy atom. The lowest BCUT2D eigenvalue weighted by atomic mass is 9.86. The zero-order valence-electron chi connectivity index (χ0n) is 17.6. The zero-order chi connectivity index (χ0) is 23.8. The lowest BCUT2D eigenvalue weighted by Crippen LogP contribution is -2.53. The van der Waals surface area contributed by atoms with E-state index in [9.17, 15) is 22.8 Å². The van der Waals surface area contributed by atoms with Crippen LogP contribution < -0.4 is 21.3 Å². The number of aromatic nitrogens is 4. The molecule has 4 heterocycles. The fourth-order valence-corrected chi connectivity index (χ4v) is 4.09. The lowest BCUT2D eigenvalue weighted by Gasteiger charge is -2.21. The van der Waals surface area contributed by atoms with Crippen LogP contribution in [-0.4, -0.2) is 56.1 Å². The number of halogens is 3. The number of hydrogen-bond donors (Lipinski definition) is 3. The van der Waals surface area contributed by atoms with Crippen LogP contribution in [0.25, 0.3) is 5.65 Å². The van der Waals surface area contributed by atoms with Crippen molar-refractivity contribution in [2.75, 3.05) is 28.6 Å². The second-order valence-corrected chi connectivity index (χ2v) is 8.64. The molecule has 0 radical (unpaired) electrons. The van der Waals surface area contributed by atoms with E-state index in [-0.39, 0.29) is 23.3 Å². The first kappa shape index (κ1) is 21.0. The summed E-state index contributed by atoms with van der Waals surface area (Å²) in [4.78, 5) is 32.8. The molecule has 0 aliphatic carbocycles. The number of carbonyl (C=O) groups is 2. The minimum Gasteiger partial charge on any atom is -0.367 e. The van der Waals surface area contributed by atoms with Crippen LogP contribution in [0.4, 0.5) is 36.3 Å². The van der Waals surface area contributed by atoms with Gasteiger partial charge >= 0.3 is 5.92 Å². The van der Waals surface area contributed by atoms with E-state index in [1.807, 2.05) is 19.9 Å². The van der Waals surface area contributed by atoms with E-state index in [2.05, 4.69) is 25.7 Å². The predicted molar refractivity (Wildman–Crippen MR) is 112 cm³/mol. The molecule has 33 heavy (non-hydrogen) atoms. The molecule has 4 N–H and O–H groups in total. The Morgan fingerprint density at radius 2 is 2.00 bits per heavy atom. The Balaban J connectivity index is 1.46. The third-order valence-corrected chi connectivity index (χ3v) is 6.07. The molecule has 1 aromatic carbocycles. The Labute approximate surface area is 185 Å². The van der Waals surface area contributed by atoms with Gasteiger partial charge < -0.3 is 21.3 Å². The van der Waals surface area contributed by atoms with Gasteiger partial charge in [-0.15, -0.1) is 5.10 Å². The monoisotopic (exact) mass is 460 g/mol. The number of nitrogens with two attached hydrogens (primary N) is 1. The van der Waals surface area contributed by atoms with E-state index in [4.69, 9.17) is 5.73 Å². The number of primary amides is 1. The van der Waals surface area contributed by atoms with Crippen LogP contribution in [0.15, 0.2) is 30.6 Å². The summed E-state index contributed by atoms with van der Waals surface area (Å²) in [6, 6.07) is 5.31. The van der Waals surface area contributed by atoms with Gasteiger partial charge in [-0.2, -0.15) is 4.98 Å². The standard InChI is InChI=1S/C20H19F3N8O2/c1-18(2)11-4-3-10(7-12(11)27-16(18)33)26-17-28-14-13(25-5-6-31(14)29-17)30-8-19(21,15(24)32)20(22,23)9-30/h3-7H,8-9H2,1-2H3,(H2,24,32)(H,26,29)(H,27,33)/t19-/m0/s1. The number of amides is 2. The summed E-state index contributed by atoms with van der Waals surface area (Å²) < 4.78 is 44.4. The average molecular weight is 460 g/mol. The summed E-state index contributed by atoms with van der Waals surface area (Å²) in [7, 11) is 0. The van der Waals surface area contributed by atoms with Crippen molar-refractivity contribution in [2.24, 2.45) is 5.73 Å². The van der Waals surface area contributed by atoms with Crippen molar-refractivity contribution in [3.05, 3.63) is 36.2 Å². The summed E-state index contributed by atoms with van der Waals surface area (Å²) in [5.41, 5.74) is 2.91. The van der Waals surface area contributed by atoms with Crippen molar-refractivity contribution >= 4 is 40.6 Å². The SMILES string of the molecule is CC1(C)C(=O)Nc2cc(Nc3nc4c(N5CC(F)(F)[C@@](F)(C(N)=O)C5)nccn4n3)ccc21. The number of carbonyl (C=O) groups excluding carboxylic acids is 2. The molecule has 2 aromatic heterocycles. The molecular weight excluding hydrogens is 441 g/mol. The molecule has 0 spiro atoms. The Bertz CT molecular complexity index is 1320. The quantitative estimate of drug-likeness (QED) is 0.541. The second kappa shape index (κ2) is 6.56. The Hall–Kier alpha value is -3.90. The average Bonchev–Trinajstić information content (AvgIpc) is 3.32. The van der Waals surface area contributed by atoms with Gasteiger partial charge in [0.2, 0.25) is 11.9 Å². The molecule has 0 saturated carbocycles. The molecule has 1 fully saturated rings. The second-order valence-electron chi connectivity index (χ2n) is 8.64. The van der Waals surface area contributed by atoms with Gasteiger partial charge in [-0.3, -0.25) is 9.59 Å². The normalized spacial score (nSPS) is 22.9. The van der Waals surface area contributed by atoms with E-state index in [0.29, 0.717) is 11.4 Å². The van der Waals surface area contributed by atoms with Gasteiger partial charge in [-0.1, -0.05) is 6.07 Å². The molecule has 10 nitrogen and oxygen atoms in total. The van der Waals surface area contributed by atoms with Crippen molar-refractivity contribution in [1.29, 1.82) is 0 Å². The molecule has 13 heteroatoms. The molecule has 2 aliphatic heterocycles. The van der Waals surface area contributed by atoms with Crippen molar-refractivity contribution in [3.63, 3.8) is 0 Å². The molecule has 2 amide bonds. The summed E-state index contributed by atoms with van der Waals surface area (Å²) in [5, 5.41) is 10.1. The van der Waals surface area contributed by atoms with Gasteiger partial charge in [-0.05, 0) is 31.5 Å². The number of fused-ring (bicyclic) bond motifs is 2. The fraction of sp³-hybridized carbons (Fsp3) is 0.350. The van der Waals surface area contributed by atoms with Gasteiger partial charge in [0.25, 0.3) is 11.6 Å². The highest BCUT2D eigenvalue weighted by atomic mass is 19.3. The number of nitrogens with zero attached hydrogens (tertiary/aromatic N) is 5. The Kier molecular flexibility index (Phi) is 4.17. The summed E-state index contributed by atoms with van der Waals surface area (Å²) in [6.07, 6.45) is 2.75. The van der Waals surface area contributed by atoms with Gasteiger partial charge in [0.1, 0.15) is 0 Å². The van der Waals surface area contributed by atoms with Crippen molar-refractivity contribution in [3.8, 4) is 0 Å². The van der Waals surface area contributed by atoms with Crippen LogP contribution in [0.1, 0.15) is 19.4 Å². The highest BCUT2D eigenvalue weighted by Crippen LogP contribution is 2.42. The first-order valence-electron chi connectivity index (χ1n) is 9.98. The predicted octanol–water partition coefficient (Wildman–Crippen LogP) is 1.75. The van der Waals surface area contributed by atoms with E-state index in [0.717, 1.165) is 10.5 Å². The van der Waals surface area contributed by atoms with E-state index in [1.54, 1.807) is 12.1 Å². The molecule has 1 atom stereocenters. The number of hydrogen-bond acceptors (Lipinski definition) is 7. The first-order chi connectivity index (χ1) is 15.4. The van der Waals surface area contributed by atoms with Crippen molar-refractivity contribution < 1.29 is 22.8 Å². The smallest absolute Gasteiger partial charge is 0.309 e. The minimum atomic E-state index is -3.99. The fourth-order valence-electron chi connectivity index (χ4n) is 4.09. The molecule has 2 aliphatic rings. The van der Waals surface area contributed by atoms with Gasteiger partial charge in [-0.25, -0.2) is 22.7 Å². The topological polar surface area (TPSA) is 131 Å². The first-order valence-corrected chi connectivity index (χ1v) is 9.98. The summed E-state index contributed by atoms with van der Waals surface area (Å²) in [5.74, 6) is -5.78. The zero-order valence-corrected chi connectivity index (χ0v) is 17.6. The van der Waals surface area contributed by atoms with Crippen molar-refractivity contribution in [1.82, 2.24) is 19.6 Å². The van der Waals surface area contributed by atoms with Gasteiger partial charge in [0.05, 0.1) is 18.5 Å². The molecule has 1 saturated heterocycles. The summed E-state index contributed by atoms with van der Waals surface area (Å²) >= 11 is 0. The van der Waals surface area contributed by atoms with Crippen LogP contribution >= 0.6 is 0 Å². The molecule has 3 aromatic rings. The summed E-state index contributed by atoms with van der Waals surface area (Å²) in [6.45, 7) is 1.60. The van der Waals surface area contributed by atoms with E-state index >= 15 is 0 Å². The van der Waals surface area contributed by atoms with Crippen LogP contribution in [0, 0.1) is 0 Å². The lowest BCUT2D eigenvalue weighted by molar-refractivity contribution is -0.151. The molecule has 172 valence electrons. The highest BCUT2D eigenvalue weighted by Gasteiger charge is 2.66. The van der Waals surface area contributed by atoms with Crippen LogP contribution in [0.5, 0.6) is 0 Å². The molecule has 0 bridgehead atoms. The third kappa shape index (κ3) is 2.98. The maximum Gasteiger partial charge on any atom is 0.309 e. The van der Waals surface area contributed by atoms with Crippen molar-refractivity contribution in [2.45, 2.75) is 30.9 Å². The molecule has 0 unspecified atom stereocenters. The largest absolute Gasteiger partial charge is 0.367 e. The number of anilines is 4. The molecular formula is C20H19F3N8O2. The van der Waals surface area contributed by atoms with E-state index in [1.165, 1.54) is 16.9 Å². The third-order valence-electron chi connectivity index (χ3n) is 6.07. The maximum absolute atomic E-state index is 14.7. The molecule has 5 rings (SSSR count). The highest BCUT2D eigenvalue weighted by molar-refractivity contribution is 6.06. The Morgan fingerprint density at radius 1 is 1.24 bits per heavy atom. The van der Waals surface area contributed by atoms with Crippen LogP contribution in [0.3, 0.4) is 0 Å². The van der Waals surface area contributed by atoms with Crippen LogP contribution in [0.2, 0.25) is 0 Å². The number of nitrogens with one attached hydrogen (secondary N) is 2. The van der Waals surface area contributed by atoms with Gasteiger partial charge in [0.15, 0.2) is 11.5 Å². The van der Waals surface area contributed by atoms with Crippen LogP contribution in [-0.2, 0) is 15.0 Å².